The van der Waals surface area contributed by atoms with Crippen molar-refractivity contribution in [3.63, 3.8) is 0 Å². The number of benzene rings is 2. The maximum absolute atomic E-state index is 12.6. The van der Waals surface area contributed by atoms with E-state index in [9.17, 15) is 4.79 Å². The molecule has 162 valence electrons. The lowest BCUT2D eigenvalue weighted by atomic mass is 10.1. The van der Waals surface area contributed by atoms with E-state index in [1.54, 1.807) is 19.4 Å². The Morgan fingerprint density at radius 3 is 2.16 bits per heavy atom. The molecule has 1 unspecified atom stereocenters. The number of nitrogens with one attached hydrogen (secondary N) is 1. The molecule has 3 aromatic rings. The van der Waals surface area contributed by atoms with E-state index in [-0.39, 0.29) is 12.1 Å². The van der Waals surface area contributed by atoms with E-state index in [0.717, 1.165) is 35.8 Å². The van der Waals surface area contributed by atoms with E-state index in [1.165, 1.54) is 0 Å². The standard InChI is InChI=1S/C25H29N3O3/c1-5-28(6-2)18(3)31-23-14-10-21(11-15-23)27-25(29)20-9-16-24(26-17-20)19-7-12-22(30-4)13-8-19/h7-18H,5-6H2,1-4H3,(H,27,29). The Kier molecular flexibility index (Phi) is 7.62. The predicted octanol–water partition coefficient (Wildman–Crippen LogP) is 5.08. The molecule has 6 nitrogen and oxygen atoms in total. The minimum Gasteiger partial charge on any atom is -0.497 e. The Balaban J connectivity index is 1.60. The van der Waals surface area contributed by atoms with Gasteiger partial charge < -0.3 is 14.8 Å². The maximum Gasteiger partial charge on any atom is 0.257 e. The van der Waals surface area contributed by atoms with Gasteiger partial charge in [0, 0.05) is 17.4 Å². The summed E-state index contributed by atoms with van der Waals surface area (Å²) < 4.78 is 11.1. The molecule has 0 radical (unpaired) electrons. The predicted molar refractivity (Wildman–Crippen MR) is 124 cm³/mol. The number of hydrogen-bond acceptors (Lipinski definition) is 5. The fourth-order valence-corrected chi connectivity index (χ4v) is 3.29. The molecule has 1 N–H and O–H groups in total. The van der Waals surface area contributed by atoms with E-state index in [4.69, 9.17) is 9.47 Å². The van der Waals surface area contributed by atoms with Gasteiger partial charge in [0.05, 0.1) is 18.4 Å². The topological polar surface area (TPSA) is 63.7 Å². The number of nitrogens with zero attached hydrogens (tertiary/aromatic N) is 2. The summed E-state index contributed by atoms with van der Waals surface area (Å²) in [5, 5.41) is 2.90. The van der Waals surface area contributed by atoms with Crippen molar-refractivity contribution in [2.45, 2.75) is 27.0 Å². The molecule has 3 rings (SSSR count). The van der Waals surface area contributed by atoms with Gasteiger partial charge in [0.15, 0.2) is 0 Å². The second-order valence-corrected chi connectivity index (χ2v) is 7.08. The van der Waals surface area contributed by atoms with Crippen molar-refractivity contribution in [1.29, 1.82) is 0 Å². The van der Waals surface area contributed by atoms with Gasteiger partial charge in [-0.1, -0.05) is 13.8 Å². The molecule has 1 aromatic heterocycles. The number of rotatable bonds is 9. The first-order valence-corrected chi connectivity index (χ1v) is 10.5. The van der Waals surface area contributed by atoms with Crippen molar-refractivity contribution in [3.8, 4) is 22.8 Å². The van der Waals surface area contributed by atoms with E-state index in [0.29, 0.717) is 11.3 Å². The summed E-state index contributed by atoms with van der Waals surface area (Å²) in [6, 6.07) is 18.6. The van der Waals surface area contributed by atoms with Crippen LogP contribution in [0.5, 0.6) is 11.5 Å². The van der Waals surface area contributed by atoms with Crippen LogP contribution >= 0.6 is 0 Å². The highest BCUT2D eigenvalue weighted by Gasteiger charge is 2.12. The van der Waals surface area contributed by atoms with Gasteiger partial charge in [-0.25, -0.2) is 0 Å². The lowest BCUT2D eigenvalue weighted by Crippen LogP contribution is -2.36. The van der Waals surface area contributed by atoms with Gasteiger partial charge in [-0.3, -0.25) is 14.7 Å². The van der Waals surface area contributed by atoms with Crippen LogP contribution in [-0.2, 0) is 0 Å². The molecule has 0 saturated heterocycles. The van der Waals surface area contributed by atoms with Crippen molar-refractivity contribution in [2.75, 3.05) is 25.5 Å². The first-order valence-electron chi connectivity index (χ1n) is 10.5. The zero-order valence-electron chi connectivity index (χ0n) is 18.5. The van der Waals surface area contributed by atoms with Gasteiger partial charge in [-0.15, -0.1) is 0 Å². The number of methoxy groups -OCH3 is 1. The molecule has 1 amide bonds. The van der Waals surface area contributed by atoms with E-state index in [2.05, 4.69) is 29.0 Å². The van der Waals surface area contributed by atoms with Gasteiger partial charge in [0.2, 0.25) is 0 Å². The highest BCUT2D eigenvalue weighted by atomic mass is 16.5. The van der Waals surface area contributed by atoms with Crippen LogP contribution in [0.3, 0.4) is 0 Å². The smallest absolute Gasteiger partial charge is 0.257 e. The minimum absolute atomic E-state index is 0.00858. The van der Waals surface area contributed by atoms with Gasteiger partial charge in [-0.05, 0) is 80.7 Å². The summed E-state index contributed by atoms with van der Waals surface area (Å²) in [4.78, 5) is 19.2. The first kappa shape index (κ1) is 22.3. The number of carbonyl (C=O) groups excluding carboxylic acids is 1. The molecule has 2 aromatic carbocycles. The molecule has 0 spiro atoms. The molecule has 0 saturated carbocycles. The molecular formula is C25H29N3O3. The number of amides is 1. The molecule has 0 bridgehead atoms. The molecule has 0 aliphatic rings. The van der Waals surface area contributed by atoms with Gasteiger partial charge in [0.25, 0.3) is 5.91 Å². The lowest BCUT2D eigenvalue weighted by molar-refractivity contribution is 0.0481. The second kappa shape index (κ2) is 10.6. The van der Waals surface area contributed by atoms with Crippen LogP contribution in [0, 0.1) is 0 Å². The molecule has 1 heterocycles. The Hall–Kier alpha value is -3.38. The average Bonchev–Trinajstić information content (AvgIpc) is 2.81. The Morgan fingerprint density at radius 2 is 1.61 bits per heavy atom. The zero-order valence-corrected chi connectivity index (χ0v) is 18.5. The third kappa shape index (κ3) is 5.83. The van der Waals surface area contributed by atoms with Crippen molar-refractivity contribution < 1.29 is 14.3 Å². The van der Waals surface area contributed by atoms with E-state index >= 15 is 0 Å². The Labute approximate surface area is 183 Å². The van der Waals surface area contributed by atoms with E-state index < -0.39 is 0 Å². The maximum atomic E-state index is 12.6. The Bertz CT molecular complexity index is 966. The van der Waals surface area contributed by atoms with Crippen LogP contribution in [0.4, 0.5) is 5.69 Å². The van der Waals surface area contributed by atoms with Crippen LogP contribution in [0.25, 0.3) is 11.3 Å². The molecule has 0 aliphatic carbocycles. The summed E-state index contributed by atoms with van der Waals surface area (Å²) in [6.45, 7) is 8.11. The summed E-state index contributed by atoms with van der Waals surface area (Å²) in [5.74, 6) is 1.35. The van der Waals surface area contributed by atoms with Crippen LogP contribution in [0.2, 0.25) is 0 Å². The van der Waals surface area contributed by atoms with E-state index in [1.807, 2.05) is 61.5 Å². The number of aromatic nitrogens is 1. The second-order valence-electron chi connectivity index (χ2n) is 7.08. The third-order valence-electron chi connectivity index (χ3n) is 5.16. The fourth-order valence-electron chi connectivity index (χ4n) is 3.29. The van der Waals surface area contributed by atoms with Crippen LogP contribution in [0.1, 0.15) is 31.1 Å². The lowest BCUT2D eigenvalue weighted by Gasteiger charge is -2.26. The molecule has 31 heavy (non-hydrogen) atoms. The Morgan fingerprint density at radius 1 is 0.968 bits per heavy atom. The summed E-state index contributed by atoms with van der Waals surface area (Å²) in [6.07, 6.45) is 1.57. The largest absolute Gasteiger partial charge is 0.497 e. The number of hydrogen-bond donors (Lipinski definition) is 1. The van der Waals surface area contributed by atoms with Crippen LogP contribution < -0.4 is 14.8 Å². The minimum atomic E-state index is -0.209. The number of anilines is 1. The van der Waals surface area contributed by atoms with Crippen LogP contribution in [0.15, 0.2) is 66.9 Å². The highest BCUT2D eigenvalue weighted by molar-refractivity contribution is 6.04. The molecule has 6 heteroatoms. The number of ether oxygens (including phenoxy) is 2. The summed E-state index contributed by atoms with van der Waals surface area (Å²) in [5.41, 5.74) is 2.95. The van der Waals surface area contributed by atoms with Crippen molar-refractivity contribution in [3.05, 3.63) is 72.4 Å². The van der Waals surface area contributed by atoms with Crippen molar-refractivity contribution in [1.82, 2.24) is 9.88 Å². The van der Waals surface area contributed by atoms with Gasteiger partial charge in [0.1, 0.15) is 17.7 Å². The quantitative estimate of drug-likeness (QED) is 0.490. The van der Waals surface area contributed by atoms with Crippen molar-refractivity contribution >= 4 is 11.6 Å². The average molecular weight is 420 g/mol. The molecular weight excluding hydrogens is 390 g/mol. The molecule has 1 atom stereocenters. The monoisotopic (exact) mass is 419 g/mol. The molecule has 0 aliphatic heterocycles. The summed E-state index contributed by atoms with van der Waals surface area (Å²) >= 11 is 0. The third-order valence-corrected chi connectivity index (χ3v) is 5.16. The SMILES string of the molecule is CCN(CC)C(C)Oc1ccc(NC(=O)c2ccc(-c3ccc(OC)cc3)nc2)cc1. The molecule has 0 fully saturated rings. The van der Waals surface area contributed by atoms with Crippen LogP contribution in [-0.4, -0.2) is 42.2 Å². The first-order chi connectivity index (χ1) is 15.0. The fraction of sp³-hybridized carbons (Fsp3) is 0.280. The van der Waals surface area contributed by atoms with Gasteiger partial charge >= 0.3 is 0 Å². The highest BCUT2D eigenvalue weighted by Crippen LogP contribution is 2.22. The zero-order chi connectivity index (χ0) is 22.2. The van der Waals surface area contributed by atoms with Gasteiger partial charge in [-0.2, -0.15) is 0 Å². The number of carbonyl (C=O) groups is 1. The normalized spacial score (nSPS) is 11.8. The van der Waals surface area contributed by atoms with Crippen molar-refractivity contribution in [2.24, 2.45) is 0 Å². The number of pyridine rings is 1. The summed E-state index contributed by atoms with van der Waals surface area (Å²) in [7, 11) is 1.63.